The second-order valence-electron chi connectivity index (χ2n) is 7.57. The zero-order valence-corrected chi connectivity index (χ0v) is 15.4. The average Bonchev–Trinajstić information content (AvgIpc) is 3.18. The summed E-state index contributed by atoms with van der Waals surface area (Å²) in [5.41, 5.74) is -0.112. The number of halogens is 5. The van der Waals surface area contributed by atoms with E-state index in [1.54, 1.807) is 30.3 Å². The van der Waals surface area contributed by atoms with Gasteiger partial charge in [-0.3, -0.25) is 4.79 Å². The standard InChI is InChI=1S/C21H19F5N2O/c22-20(23)7-6-14(10-20)27-11-13-8-16-17(18(9-13)21(24,25)26)12-28(19(16)29)15-4-2-1-3-5-15/h1-5,8-9,14,27H,6-7,10-12H2. The third-order valence-electron chi connectivity index (χ3n) is 5.47. The van der Waals surface area contributed by atoms with Gasteiger partial charge in [-0.2, -0.15) is 13.2 Å². The molecule has 1 saturated carbocycles. The second kappa shape index (κ2) is 7.09. The molecular formula is C21H19F5N2O. The molecule has 1 unspecified atom stereocenters. The van der Waals surface area contributed by atoms with E-state index in [-0.39, 0.29) is 49.0 Å². The van der Waals surface area contributed by atoms with Crippen LogP contribution in [-0.2, 0) is 19.3 Å². The fraction of sp³-hybridized carbons (Fsp3) is 0.381. The molecule has 2 aromatic rings. The van der Waals surface area contributed by atoms with Crippen molar-refractivity contribution in [1.29, 1.82) is 0 Å². The summed E-state index contributed by atoms with van der Waals surface area (Å²) in [5.74, 6) is -3.23. The van der Waals surface area contributed by atoms with Crippen LogP contribution >= 0.6 is 0 Å². The fourth-order valence-corrected chi connectivity index (χ4v) is 4.03. The number of nitrogens with zero attached hydrogens (tertiary/aromatic N) is 1. The lowest BCUT2D eigenvalue weighted by Gasteiger charge is -2.16. The van der Waals surface area contributed by atoms with Gasteiger partial charge in [0.1, 0.15) is 0 Å². The first-order chi connectivity index (χ1) is 13.6. The van der Waals surface area contributed by atoms with Crippen LogP contribution in [0.15, 0.2) is 42.5 Å². The summed E-state index contributed by atoms with van der Waals surface area (Å²) < 4.78 is 67.7. The second-order valence-corrected chi connectivity index (χ2v) is 7.57. The maximum Gasteiger partial charge on any atom is 0.416 e. The topological polar surface area (TPSA) is 32.3 Å². The fourth-order valence-electron chi connectivity index (χ4n) is 4.03. The Morgan fingerprint density at radius 2 is 1.86 bits per heavy atom. The summed E-state index contributed by atoms with van der Waals surface area (Å²) in [6, 6.07) is 10.5. The number of para-hydroxylation sites is 1. The van der Waals surface area contributed by atoms with E-state index < -0.39 is 29.6 Å². The summed E-state index contributed by atoms with van der Waals surface area (Å²) in [6.07, 6.45) is -4.91. The normalized spacial score (nSPS) is 20.9. The number of fused-ring (bicyclic) bond motifs is 1. The summed E-state index contributed by atoms with van der Waals surface area (Å²) in [6.45, 7) is -0.161. The lowest BCUT2D eigenvalue weighted by Crippen LogP contribution is -2.28. The van der Waals surface area contributed by atoms with Crippen LogP contribution in [0.1, 0.15) is 46.3 Å². The van der Waals surface area contributed by atoms with E-state index in [0.29, 0.717) is 5.69 Å². The number of carbonyl (C=O) groups is 1. The lowest BCUT2D eigenvalue weighted by molar-refractivity contribution is -0.138. The van der Waals surface area contributed by atoms with E-state index in [0.717, 1.165) is 6.07 Å². The van der Waals surface area contributed by atoms with E-state index in [1.165, 1.54) is 11.0 Å². The number of alkyl halides is 5. The molecule has 4 rings (SSSR count). The van der Waals surface area contributed by atoms with Gasteiger partial charge in [0, 0.05) is 36.7 Å². The Bertz CT molecular complexity index is 927. The SMILES string of the molecule is O=C1c2cc(CNC3CCC(F)(F)C3)cc(C(F)(F)F)c2CN1c1ccccc1. The highest BCUT2D eigenvalue weighted by atomic mass is 19.4. The van der Waals surface area contributed by atoms with Crippen LogP contribution in [0.25, 0.3) is 0 Å². The van der Waals surface area contributed by atoms with E-state index in [4.69, 9.17) is 0 Å². The molecule has 0 aromatic heterocycles. The highest BCUT2D eigenvalue weighted by Gasteiger charge is 2.41. The Labute approximate surface area is 164 Å². The molecule has 0 bridgehead atoms. The van der Waals surface area contributed by atoms with Crippen molar-refractivity contribution in [1.82, 2.24) is 5.32 Å². The maximum atomic E-state index is 13.7. The van der Waals surface area contributed by atoms with Crippen molar-refractivity contribution in [3.05, 3.63) is 64.7 Å². The van der Waals surface area contributed by atoms with Gasteiger partial charge in [-0.25, -0.2) is 8.78 Å². The number of rotatable bonds is 4. The third-order valence-corrected chi connectivity index (χ3v) is 5.47. The Balaban J connectivity index is 1.62. The minimum Gasteiger partial charge on any atom is -0.310 e. The molecule has 2 aliphatic rings. The van der Waals surface area contributed by atoms with Crippen molar-refractivity contribution in [2.24, 2.45) is 0 Å². The highest BCUT2D eigenvalue weighted by molar-refractivity contribution is 6.10. The smallest absolute Gasteiger partial charge is 0.310 e. The molecule has 1 fully saturated rings. The summed E-state index contributed by atoms with van der Waals surface area (Å²) >= 11 is 0. The predicted octanol–water partition coefficient (Wildman–Crippen LogP) is 5.14. The Kier molecular flexibility index (Phi) is 4.85. The molecule has 1 heterocycles. The van der Waals surface area contributed by atoms with Crippen molar-refractivity contribution in [2.45, 2.75) is 50.5 Å². The van der Waals surface area contributed by atoms with Gasteiger partial charge in [0.25, 0.3) is 5.91 Å². The Morgan fingerprint density at radius 1 is 1.14 bits per heavy atom. The summed E-state index contributed by atoms with van der Waals surface area (Å²) in [4.78, 5) is 14.1. The molecule has 1 atom stereocenters. The zero-order valence-electron chi connectivity index (χ0n) is 15.4. The molecular weight excluding hydrogens is 391 g/mol. The number of hydrogen-bond donors (Lipinski definition) is 1. The molecule has 1 aliphatic carbocycles. The van der Waals surface area contributed by atoms with Gasteiger partial charge in [0.05, 0.1) is 12.1 Å². The average molecular weight is 410 g/mol. The summed E-state index contributed by atoms with van der Waals surface area (Å²) in [7, 11) is 0. The van der Waals surface area contributed by atoms with E-state index in [1.807, 2.05) is 0 Å². The van der Waals surface area contributed by atoms with Crippen molar-refractivity contribution in [3.8, 4) is 0 Å². The van der Waals surface area contributed by atoms with Crippen LogP contribution in [-0.4, -0.2) is 17.9 Å². The molecule has 3 nitrogen and oxygen atoms in total. The molecule has 8 heteroatoms. The molecule has 1 amide bonds. The lowest BCUT2D eigenvalue weighted by atomic mass is 9.98. The van der Waals surface area contributed by atoms with Gasteiger partial charge >= 0.3 is 6.18 Å². The molecule has 1 N–H and O–H groups in total. The number of anilines is 1. The van der Waals surface area contributed by atoms with Gasteiger partial charge in [0.15, 0.2) is 0 Å². The Morgan fingerprint density at radius 3 is 2.48 bits per heavy atom. The van der Waals surface area contributed by atoms with E-state index >= 15 is 0 Å². The van der Waals surface area contributed by atoms with Crippen LogP contribution in [0.4, 0.5) is 27.6 Å². The number of benzene rings is 2. The quantitative estimate of drug-likeness (QED) is 0.708. The third kappa shape index (κ3) is 3.99. The van der Waals surface area contributed by atoms with Gasteiger partial charge in [-0.1, -0.05) is 18.2 Å². The van der Waals surface area contributed by atoms with Crippen LogP contribution in [0.5, 0.6) is 0 Å². The van der Waals surface area contributed by atoms with Crippen LogP contribution in [0.3, 0.4) is 0 Å². The minimum absolute atomic E-state index is 0.00424. The number of hydrogen-bond acceptors (Lipinski definition) is 2. The van der Waals surface area contributed by atoms with E-state index in [2.05, 4.69) is 5.32 Å². The van der Waals surface area contributed by atoms with Crippen molar-refractivity contribution in [3.63, 3.8) is 0 Å². The van der Waals surface area contributed by atoms with E-state index in [9.17, 15) is 26.7 Å². The maximum absolute atomic E-state index is 13.7. The van der Waals surface area contributed by atoms with Gasteiger partial charge in [-0.15, -0.1) is 0 Å². The monoisotopic (exact) mass is 410 g/mol. The highest BCUT2D eigenvalue weighted by Crippen LogP contribution is 2.40. The Hall–Kier alpha value is -2.48. The molecule has 1 aliphatic heterocycles. The van der Waals surface area contributed by atoms with Crippen molar-refractivity contribution in [2.75, 3.05) is 4.90 Å². The number of carbonyl (C=O) groups excluding carboxylic acids is 1. The molecule has 0 saturated heterocycles. The molecule has 0 spiro atoms. The largest absolute Gasteiger partial charge is 0.416 e. The van der Waals surface area contributed by atoms with Gasteiger partial charge in [0.2, 0.25) is 5.92 Å². The van der Waals surface area contributed by atoms with Crippen LogP contribution in [0, 0.1) is 0 Å². The number of amides is 1. The van der Waals surface area contributed by atoms with Crippen LogP contribution < -0.4 is 10.2 Å². The summed E-state index contributed by atoms with van der Waals surface area (Å²) in [5, 5.41) is 2.91. The van der Waals surface area contributed by atoms with Crippen molar-refractivity contribution < 1.29 is 26.7 Å². The molecule has 2 aromatic carbocycles. The molecule has 0 radical (unpaired) electrons. The van der Waals surface area contributed by atoms with Gasteiger partial charge in [-0.05, 0) is 41.8 Å². The molecule has 29 heavy (non-hydrogen) atoms. The van der Waals surface area contributed by atoms with Crippen molar-refractivity contribution >= 4 is 11.6 Å². The van der Waals surface area contributed by atoms with Gasteiger partial charge < -0.3 is 10.2 Å². The minimum atomic E-state index is -4.62. The van der Waals surface area contributed by atoms with Crippen LogP contribution in [0.2, 0.25) is 0 Å². The predicted molar refractivity (Wildman–Crippen MR) is 97.8 cm³/mol. The number of nitrogens with one attached hydrogen (secondary N) is 1. The zero-order chi connectivity index (χ0) is 20.8. The molecule has 154 valence electrons. The first kappa shape index (κ1) is 19.8. The first-order valence-electron chi connectivity index (χ1n) is 9.35. The first-order valence-corrected chi connectivity index (χ1v) is 9.35.